The highest BCUT2D eigenvalue weighted by molar-refractivity contribution is 6.11. The summed E-state index contributed by atoms with van der Waals surface area (Å²) in [6, 6.07) is 9.16. The molecule has 3 aromatic rings. The van der Waals surface area contributed by atoms with Crippen molar-refractivity contribution in [2.45, 2.75) is 0 Å². The Kier molecular flexibility index (Phi) is 3.05. The van der Waals surface area contributed by atoms with Crippen molar-refractivity contribution in [3.63, 3.8) is 0 Å². The molecule has 0 atom stereocenters. The minimum absolute atomic E-state index is 0.0753. The lowest BCUT2D eigenvalue weighted by atomic mass is 10.2. The Labute approximate surface area is 134 Å². The van der Waals surface area contributed by atoms with Crippen LogP contribution >= 0.6 is 0 Å². The molecule has 0 saturated heterocycles. The molecule has 0 aliphatic carbocycles. The zero-order valence-electron chi connectivity index (χ0n) is 12.1. The number of aromatic amines is 1. The lowest BCUT2D eigenvalue weighted by Crippen LogP contribution is -2.12. The number of nitro benzene ring substituents is 1. The molecule has 0 radical (unpaired) electrons. The Bertz CT molecular complexity index is 981. The van der Waals surface area contributed by atoms with E-state index in [1.807, 2.05) is 0 Å². The second-order valence-corrected chi connectivity index (χ2v) is 5.08. The molecule has 1 aliphatic heterocycles. The molecule has 0 unspecified atom stereocenters. The average molecular weight is 326 g/mol. The van der Waals surface area contributed by atoms with Crippen molar-refractivity contribution in [1.82, 2.24) is 10.2 Å². The van der Waals surface area contributed by atoms with Crippen LogP contribution in [0, 0.1) is 10.1 Å². The van der Waals surface area contributed by atoms with Gasteiger partial charge in [0.05, 0.1) is 10.4 Å². The number of hydrogen-bond acceptors (Lipinski definition) is 6. The topological polar surface area (TPSA) is 119 Å². The van der Waals surface area contributed by atoms with Crippen LogP contribution < -0.4 is 14.8 Å². The molecule has 4 rings (SSSR count). The van der Waals surface area contributed by atoms with Crippen LogP contribution in [0.2, 0.25) is 0 Å². The maximum Gasteiger partial charge on any atom is 0.276 e. The van der Waals surface area contributed by atoms with Crippen molar-refractivity contribution in [1.29, 1.82) is 0 Å². The molecule has 120 valence electrons. The molecule has 0 saturated carbocycles. The summed E-state index contributed by atoms with van der Waals surface area (Å²) in [5, 5.41) is 20.6. The number of rotatable bonds is 3. The largest absolute Gasteiger partial charge is 0.454 e. The number of ether oxygens (including phenoxy) is 2. The quantitative estimate of drug-likeness (QED) is 0.563. The summed E-state index contributed by atoms with van der Waals surface area (Å²) in [4.78, 5) is 22.8. The van der Waals surface area contributed by atoms with Gasteiger partial charge >= 0.3 is 0 Å². The van der Waals surface area contributed by atoms with E-state index in [1.165, 1.54) is 18.2 Å². The first kappa shape index (κ1) is 14.0. The highest BCUT2D eigenvalue weighted by Gasteiger charge is 2.19. The number of amides is 1. The fourth-order valence-corrected chi connectivity index (χ4v) is 2.45. The maximum atomic E-state index is 12.4. The number of nitrogens with one attached hydrogen (secondary N) is 2. The maximum absolute atomic E-state index is 12.4. The summed E-state index contributed by atoms with van der Waals surface area (Å²) in [6.07, 6.45) is 0. The van der Waals surface area contributed by atoms with Gasteiger partial charge in [0.15, 0.2) is 17.2 Å². The molecule has 9 heteroatoms. The molecule has 1 amide bonds. The number of fused-ring (bicyclic) bond motifs is 2. The van der Waals surface area contributed by atoms with E-state index in [2.05, 4.69) is 15.5 Å². The van der Waals surface area contributed by atoms with Crippen LogP contribution in [0.15, 0.2) is 36.4 Å². The van der Waals surface area contributed by atoms with Gasteiger partial charge in [0.2, 0.25) is 6.79 Å². The Morgan fingerprint density at radius 1 is 1.21 bits per heavy atom. The molecule has 0 spiro atoms. The molecular formula is C15H10N4O5. The number of non-ortho nitro benzene ring substituents is 1. The Morgan fingerprint density at radius 2 is 2.04 bits per heavy atom. The van der Waals surface area contributed by atoms with Crippen molar-refractivity contribution in [3.05, 3.63) is 52.2 Å². The average Bonchev–Trinajstić information content (AvgIpc) is 3.20. The molecule has 2 N–H and O–H groups in total. The number of carbonyl (C=O) groups excluding carboxylic acids is 1. The third kappa shape index (κ3) is 2.28. The van der Waals surface area contributed by atoms with Crippen molar-refractivity contribution in [2.24, 2.45) is 0 Å². The molecule has 0 bridgehead atoms. The Balaban J connectivity index is 1.65. The van der Waals surface area contributed by atoms with Gasteiger partial charge in [-0.15, -0.1) is 0 Å². The highest BCUT2D eigenvalue weighted by atomic mass is 16.7. The number of benzene rings is 2. The third-order valence-electron chi connectivity index (χ3n) is 3.60. The predicted molar refractivity (Wildman–Crippen MR) is 83.3 cm³/mol. The van der Waals surface area contributed by atoms with E-state index in [0.29, 0.717) is 28.1 Å². The summed E-state index contributed by atoms with van der Waals surface area (Å²) in [5.41, 5.74) is 1.01. The van der Waals surface area contributed by atoms with Gasteiger partial charge in [0.25, 0.3) is 11.6 Å². The first-order valence-corrected chi connectivity index (χ1v) is 6.95. The van der Waals surface area contributed by atoms with Crippen LogP contribution in [-0.2, 0) is 0 Å². The van der Waals surface area contributed by atoms with Crippen molar-refractivity contribution in [2.75, 3.05) is 12.1 Å². The Hall–Kier alpha value is -3.62. The van der Waals surface area contributed by atoms with Gasteiger partial charge in [0.1, 0.15) is 0 Å². The number of H-pyrrole nitrogens is 1. The fraction of sp³-hybridized carbons (Fsp3) is 0.0667. The second-order valence-electron chi connectivity index (χ2n) is 5.08. The predicted octanol–water partition coefficient (Wildman–Crippen LogP) is 2.45. The van der Waals surface area contributed by atoms with E-state index in [-0.39, 0.29) is 18.2 Å². The lowest BCUT2D eigenvalue weighted by Gasteiger charge is -2.04. The van der Waals surface area contributed by atoms with Gasteiger partial charge < -0.3 is 14.8 Å². The van der Waals surface area contributed by atoms with Crippen LogP contribution in [0.1, 0.15) is 10.5 Å². The lowest BCUT2D eigenvalue weighted by molar-refractivity contribution is -0.384. The number of aromatic nitrogens is 2. The summed E-state index contributed by atoms with van der Waals surface area (Å²) >= 11 is 0. The summed E-state index contributed by atoms with van der Waals surface area (Å²) in [7, 11) is 0. The molecule has 24 heavy (non-hydrogen) atoms. The number of anilines is 1. The summed E-state index contributed by atoms with van der Waals surface area (Å²) in [5.74, 6) is 0.657. The molecule has 0 fully saturated rings. The number of carbonyl (C=O) groups is 1. The van der Waals surface area contributed by atoms with Crippen LogP contribution in [-0.4, -0.2) is 27.8 Å². The normalized spacial score (nSPS) is 12.3. The van der Waals surface area contributed by atoms with Crippen molar-refractivity contribution in [3.8, 4) is 11.5 Å². The monoisotopic (exact) mass is 326 g/mol. The number of nitrogens with zero attached hydrogens (tertiary/aromatic N) is 2. The highest BCUT2D eigenvalue weighted by Crippen LogP contribution is 2.34. The summed E-state index contributed by atoms with van der Waals surface area (Å²) in [6.45, 7) is 0.139. The van der Waals surface area contributed by atoms with E-state index in [1.54, 1.807) is 18.2 Å². The van der Waals surface area contributed by atoms with Crippen molar-refractivity contribution >= 4 is 28.2 Å². The van der Waals surface area contributed by atoms with Gasteiger partial charge in [0, 0.05) is 29.3 Å². The summed E-state index contributed by atoms with van der Waals surface area (Å²) < 4.78 is 10.5. The van der Waals surface area contributed by atoms with Crippen LogP contribution in [0.3, 0.4) is 0 Å². The minimum Gasteiger partial charge on any atom is -0.454 e. The molecule has 2 aromatic carbocycles. The van der Waals surface area contributed by atoms with E-state index >= 15 is 0 Å². The Morgan fingerprint density at radius 3 is 2.88 bits per heavy atom. The third-order valence-corrected chi connectivity index (χ3v) is 3.60. The van der Waals surface area contributed by atoms with Crippen molar-refractivity contribution < 1.29 is 19.2 Å². The molecule has 9 nitrogen and oxygen atoms in total. The first-order chi connectivity index (χ1) is 11.6. The van der Waals surface area contributed by atoms with Crippen LogP contribution in [0.4, 0.5) is 11.4 Å². The molecule has 1 aliphatic rings. The van der Waals surface area contributed by atoms with Gasteiger partial charge in [-0.25, -0.2) is 0 Å². The minimum atomic E-state index is -0.522. The first-order valence-electron chi connectivity index (χ1n) is 6.95. The van der Waals surface area contributed by atoms with Gasteiger partial charge in [-0.2, -0.15) is 5.10 Å². The zero-order valence-corrected chi connectivity index (χ0v) is 12.1. The van der Waals surface area contributed by atoms with E-state index in [4.69, 9.17) is 9.47 Å². The fourth-order valence-electron chi connectivity index (χ4n) is 2.45. The standard InChI is InChI=1S/C15H10N4O5/c20-15(16-8-1-4-12-13(5-8)24-7-23-12)14-10-6-9(19(21)22)2-3-11(10)17-18-14/h1-6H,7H2,(H,16,20)(H,17,18). The van der Waals surface area contributed by atoms with E-state index < -0.39 is 10.8 Å². The van der Waals surface area contributed by atoms with Gasteiger partial charge in [-0.3, -0.25) is 20.0 Å². The van der Waals surface area contributed by atoms with Crippen LogP contribution in [0.25, 0.3) is 10.9 Å². The SMILES string of the molecule is O=C(Nc1ccc2c(c1)OCO2)c1n[nH]c2ccc([N+](=O)[O-])cc12. The van der Waals surface area contributed by atoms with E-state index in [9.17, 15) is 14.9 Å². The van der Waals surface area contributed by atoms with Crippen LogP contribution in [0.5, 0.6) is 11.5 Å². The molecule has 1 aromatic heterocycles. The van der Waals surface area contributed by atoms with Gasteiger partial charge in [-0.05, 0) is 18.2 Å². The van der Waals surface area contributed by atoms with Gasteiger partial charge in [-0.1, -0.05) is 0 Å². The second kappa shape index (κ2) is 5.23. The smallest absolute Gasteiger partial charge is 0.276 e. The zero-order chi connectivity index (χ0) is 16.7. The molecule has 2 heterocycles. The van der Waals surface area contributed by atoms with E-state index in [0.717, 1.165) is 0 Å². The number of hydrogen-bond donors (Lipinski definition) is 2. The molecular weight excluding hydrogens is 316 g/mol. The number of nitro groups is 1.